The van der Waals surface area contributed by atoms with Crippen LogP contribution in [0.5, 0.6) is 0 Å². The zero-order chi connectivity index (χ0) is 12.0. The minimum Gasteiger partial charge on any atom is -0.351 e. The van der Waals surface area contributed by atoms with E-state index in [4.69, 9.17) is 11.6 Å². The van der Waals surface area contributed by atoms with Crippen LogP contribution in [0.2, 0.25) is 0 Å². The van der Waals surface area contributed by atoms with Crippen molar-refractivity contribution in [3.63, 3.8) is 0 Å². The van der Waals surface area contributed by atoms with Crippen molar-refractivity contribution in [2.45, 2.75) is 32.1 Å². The number of hydrogen-bond acceptors (Lipinski definition) is 1. The fourth-order valence-electron chi connectivity index (χ4n) is 1.43. The van der Waals surface area contributed by atoms with Crippen molar-refractivity contribution in [3.8, 4) is 0 Å². The predicted molar refractivity (Wildman–Crippen MR) is 68.1 cm³/mol. The van der Waals surface area contributed by atoms with E-state index >= 15 is 0 Å². The minimum atomic E-state index is -0.0539. The van der Waals surface area contributed by atoms with Crippen LogP contribution in [0.1, 0.15) is 35.7 Å². The van der Waals surface area contributed by atoms with Gasteiger partial charge in [-0.25, -0.2) is 0 Å². The third-order valence-electron chi connectivity index (χ3n) is 2.40. The molecule has 0 spiro atoms. The van der Waals surface area contributed by atoms with E-state index in [1.807, 2.05) is 31.2 Å². The van der Waals surface area contributed by atoms with Gasteiger partial charge >= 0.3 is 0 Å². The Kier molecular flexibility index (Phi) is 5.33. The van der Waals surface area contributed by atoms with E-state index in [2.05, 4.69) is 12.2 Å². The molecular weight excluding hydrogens is 222 g/mol. The van der Waals surface area contributed by atoms with Crippen molar-refractivity contribution in [1.29, 1.82) is 0 Å². The molecule has 0 aliphatic carbocycles. The van der Waals surface area contributed by atoms with Gasteiger partial charge in [-0.05, 0) is 25.5 Å². The first-order chi connectivity index (χ1) is 7.63. The Labute approximate surface area is 102 Å². The smallest absolute Gasteiger partial charge is 0.251 e. The van der Waals surface area contributed by atoms with Crippen LogP contribution in [0, 0.1) is 6.92 Å². The summed E-state index contributed by atoms with van der Waals surface area (Å²) in [4.78, 5) is 11.7. The zero-order valence-corrected chi connectivity index (χ0v) is 10.6. The maximum absolute atomic E-state index is 11.7. The van der Waals surface area contributed by atoms with Gasteiger partial charge < -0.3 is 5.32 Å². The second kappa shape index (κ2) is 6.54. The van der Waals surface area contributed by atoms with Crippen LogP contribution in [0.15, 0.2) is 24.3 Å². The Morgan fingerprint density at radius 2 is 2.00 bits per heavy atom. The molecule has 1 unspecified atom stereocenters. The van der Waals surface area contributed by atoms with E-state index in [-0.39, 0.29) is 11.3 Å². The van der Waals surface area contributed by atoms with E-state index in [1.54, 1.807) is 0 Å². The number of nitrogens with one attached hydrogen (secondary N) is 1. The molecule has 1 amide bonds. The minimum absolute atomic E-state index is 0.0272. The summed E-state index contributed by atoms with van der Waals surface area (Å²) >= 11 is 6.02. The lowest BCUT2D eigenvalue weighted by molar-refractivity contribution is 0.0953. The number of carbonyl (C=O) groups excluding carboxylic acids is 1. The molecule has 0 saturated heterocycles. The molecule has 0 aliphatic rings. The van der Waals surface area contributed by atoms with Gasteiger partial charge in [-0.1, -0.05) is 31.0 Å². The average molecular weight is 240 g/mol. The molecule has 0 fully saturated rings. The number of alkyl halides is 1. The van der Waals surface area contributed by atoms with Crippen molar-refractivity contribution in [3.05, 3.63) is 35.4 Å². The van der Waals surface area contributed by atoms with E-state index in [1.165, 1.54) is 0 Å². The molecular formula is C13H18ClNO. The summed E-state index contributed by atoms with van der Waals surface area (Å²) in [6.45, 7) is 4.61. The predicted octanol–water partition coefficient (Wildman–Crippen LogP) is 3.13. The third-order valence-corrected chi connectivity index (χ3v) is 2.77. The Morgan fingerprint density at radius 1 is 1.38 bits per heavy atom. The molecule has 1 N–H and O–H groups in total. The summed E-state index contributed by atoms with van der Waals surface area (Å²) in [7, 11) is 0. The average Bonchev–Trinajstić information content (AvgIpc) is 2.27. The molecule has 0 aromatic heterocycles. The third kappa shape index (κ3) is 4.23. The fourth-order valence-corrected chi connectivity index (χ4v) is 1.72. The number of amides is 1. The fraction of sp³-hybridized carbons (Fsp3) is 0.462. The van der Waals surface area contributed by atoms with Gasteiger partial charge in [-0.3, -0.25) is 4.79 Å². The van der Waals surface area contributed by atoms with Gasteiger partial charge in [0.25, 0.3) is 5.91 Å². The number of benzene rings is 1. The van der Waals surface area contributed by atoms with Crippen molar-refractivity contribution in [2.75, 3.05) is 6.54 Å². The lowest BCUT2D eigenvalue weighted by Crippen LogP contribution is -2.29. The molecule has 0 bridgehead atoms. The quantitative estimate of drug-likeness (QED) is 0.786. The van der Waals surface area contributed by atoms with Crippen LogP contribution < -0.4 is 5.32 Å². The Hall–Kier alpha value is -1.02. The van der Waals surface area contributed by atoms with Crippen LogP contribution in [0.25, 0.3) is 0 Å². The zero-order valence-electron chi connectivity index (χ0n) is 9.79. The normalized spacial score (nSPS) is 12.2. The first kappa shape index (κ1) is 13.0. The van der Waals surface area contributed by atoms with Gasteiger partial charge in [0.2, 0.25) is 0 Å². The molecule has 0 saturated carbocycles. The molecule has 0 aliphatic heterocycles. The standard InChI is InChI=1S/C13H18ClNO/c1-3-4-12(14)9-15-13(16)11-7-5-10(2)6-8-11/h5-8,12H,3-4,9H2,1-2H3,(H,15,16). The summed E-state index contributed by atoms with van der Waals surface area (Å²) in [6, 6.07) is 7.51. The van der Waals surface area contributed by atoms with Crippen LogP contribution in [-0.2, 0) is 0 Å². The van der Waals surface area contributed by atoms with E-state index in [9.17, 15) is 4.79 Å². The number of carbonyl (C=O) groups is 1. The number of rotatable bonds is 5. The Morgan fingerprint density at radius 3 is 2.56 bits per heavy atom. The van der Waals surface area contributed by atoms with Gasteiger partial charge in [-0.2, -0.15) is 0 Å². The second-order valence-corrected chi connectivity index (χ2v) is 4.58. The van der Waals surface area contributed by atoms with Crippen LogP contribution in [-0.4, -0.2) is 17.8 Å². The largest absolute Gasteiger partial charge is 0.351 e. The molecule has 16 heavy (non-hydrogen) atoms. The van der Waals surface area contributed by atoms with Crippen LogP contribution in [0.3, 0.4) is 0 Å². The molecule has 2 nitrogen and oxygen atoms in total. The SMILES string of the molecule is CCCC(Cl)CNC(=O)c1ccc(C)cc1. The first-order valence-electron chi connectivity index (χ1n) is 5.62. The van der Waals surface area contributed by atoms with Crippen molar-refractivity contribution in [1.82, 2.24) is 5.32 Å². The lowest BCUT2D eigenvalue weighted by Gasteiger charge is -2.09. The monoisotopic (exact) mass is 239 g/mol. The molecule has 88 valence electrons. The van der Waals surface area contributed by atoms with Gasteiger partial charge in [0.15, 0.2) is 0 Å². The molecule has 1 atom stereocenters. The number of aryl methyl sites for hydroxylation is 1. The number of halogens is 1. The van der Waals surface area contributed by atoms with Crippen LogP contribution >= 0.6 is 11.6 Å². The van der Waals surface area contributed by atoms with Gasteiger partial charge in [0.1, 0.15) is 0 Å². The second-order valence-electron chi connectivity index (χ2n) is 3.96. The van der Waals surface area contributed by atoms with Crippen molar-refractivity contribution < 1.29 is 4.79 Å². The van der Waals surface area contributed by atoms with Crippen molar-refractivity contribution >= 4 is 17.5 Å². The van der Waals surface area contributed by atoms with E-state index < -0.39 is 0 Å². The summed E-state index contributed by atoms with van der Waals surface area (Å²) in [5.41, 5.74) is 1.84. The van der Waals surface area contributed by atoms with Gasteiger partial charge in [-0.15, -0.1) is 11.6 Å². The molecule has 1 rings (SSSR count). The van der Waals surface area contributed by atoms with E-state index in [0.717, 1.165) is 18.4 Å². The summed E-state index contributed by atoms with van der Waals surface area (Å²) in [6.07, 6.45) is 1.96. The highest BCUT2D eigenvalue weighted by atomic mass is 35.5. The van der Waals surface area contributed by atoms with Crippen LogP contribution in [0.4, 0.5) is 0 Å². The first-order valence-corrected chi connectivity index (χ1v) is 6.06. The lowest BCUT2D eigenvalue weighted by atomic mass is 10.1. The summed E-state index contributed by atoms with van der Waals surface area (Å²) in [5.74, 6) is -0.0539. The molecule has 1 aromatic carbocycles. The highest BCUT2D eigenvalue weighted by Crippen LogP contribution is 2.05. The van der Waals surface area contributed by atoms with Crippen molar-refractivity contribution in [2.24, 2.45) is 0 Å². The summed E-state index contributed by atoms with van der Waals surface area (Å²) in [5, 5.41) is 2.86. The maximum atomic E-state index is 11.7. The highest BCUT2D eigenvalue weighted by molar-refractivity contribution is 6.20. The van der Waals surface area contributed by atoms with E-state index in [0.29, 0.717) is 12.1 Å². The maximum Gasteiger partial charge on any atom is 0.251 e. The molecule has 0 heterocycles. The molecule has 0 radical (unpaired) electrons. The molecule has 3 heteroatoms. The summed E-state index contributed by atoms with van der Waals surface area (Å²) < 4.78 is 0. The Bertz CT molecular complexity index is 334. The topological polar surface area (TPSA) is 29.1 Å². The molecule has 1 aromatic rings. The Balaban J connectivity index is 2.43. The van der Waals surface area contributed by atoms with Gasteiger partial charge in [0, 0.05) is 12.1 Å². The van der Waals surface area contributed by atoms with Gasteiger partial charge in [0.05, 0.1) is 5.38 Å². The number of hydrogen-bond donors (Lipinski definition) is 1. The highest BCUT2D eigenvalue weighted by Gasteiger charge is 2.07.